The van der Waals surface area contributed by atoms with Crippen LogP contribution in [0, 0.1) is 0 Å². The second-order valence-electron chi connectivity index (χ2n) is 5.96. The van der Waals surface area contributed by atoms with Crippen LogP contribution >= 0.6 is 0 Å². The molecule has 0 aliphatic heterocycles. The number of esters is 1. The van der Waals surface area contributed by atoms with Crippen LogP contribution in [0.5, 0.6) is 5.75 Å². The van der Waals surface area contributed by atoms with Gasteiger partial charge in [-0.25, -0.2) is 0 Å². The monoisotopic (exact) mass is 334 g/mol. The predicted molar refractivity (Wildman–Crippen MR) is 93.2 cm³/mol. The summed E-state index contributed by atoms with van der Waals surface area (Å²) in [6.07, 6.45) is 2.48. The van der Waals surface area contributed by atoms with Crippen LogP contribution in [0.4, 0.5) is 0 Å². The van der Waals surface area contributed by atoms with Crippen LogP contribution in [0.2, 0.25) is 0 Å². The molecule has 0 radical (unpaired) electrons. The number of hydrogen-bond acceptors (Lipinski definition) is 5. The third kappa shape index (κ3) is 4.97. The third-order valence-corrected chi connectivity index (χ3v) is 3.68. The fourth-order valence-electron chi connectivity index (χ4n) is 2.49. The molecule has 2 aromatic rings. The van der Waals surface area contributed by atoms with Gasteiger partial charge in [-0.05, 0) is 38.2 Å². The smallest absolute Gasteiger partial charge is 0.311 e. The summed E-state index contributed by atoms with van der Waals surface area (Å²) in [4.78, 5) is 17.1. The highest BCUT2D eigenvalue weighted by Crippen LogP contribution is 2.30. The van der Waals surface area contributed by atoms with Gasteiger partial charge in [-0.1, -0.05) is 6.07 Å². The number of fused-ring (bicyclic) bond motifs is 1. The number of nitrogens with zero attached hydrogens (tertiary/aromatic N) is 1. The minimum absolute atomic E-state index is 0.215. The maximum atomic E-state index is 11.7. The van der Waals surface area contributed by atoms with Crippen molar-refractivity contribution in [1.29, 1.82) is 0 Å². The number of aromatic amines is 1. The molecule has 1 aromatic heterocycles. The molecule has 0 amide bonds. The zero-order valence-electron chi connectivity index (χ0n) is 14.8. The van der Waals surface area contributed by atoms with E-state index in [4.69, 9.17) is 14.2 Å². The van der Waals surface area contributed by atoms with E-state index in [1.807, 2.05) is 38.5 Å². The Bertz CT molecular complexity index is 666. The quantitative estimate of drug-likeness (QED) is 0.564. The first-order valence-corrected chi connectivity index (χ1v) is 8.10. The number of hydrogen-bond donors (Lipinski definition) is 1. The zero-order valence-corrected chi connectivity index (χ0v) is 14.8. The third-order valence-electron chi connectivity index (χ3n) is 3.68. The summed E-state index contributed by atoms with van der Waals surface area (Å²) in [5, 5.41) is 1.04. The summed E-state index contributed by atoms with van der Waals surface area (Å²) in [7, 11) is 5.65. The average Bonchev–Trinajstić information content (AvgIpc) is 2.95. The fourth-order valence-corrected chi connectivity index (χ4v) is 2.49. The summed E-state index contributed by atoms with van der Waals surface area (Å²) in [5.74, 6) is 0.382. The number of rotatable bonds is 9. The Hall–Kier alpha value is -2.05. The van der Waals surface area contributed by atoms with Gasteiger partial charge in [-0.3, -0.25) is 4.79 Å². The van der Waals surface area contributed by atoms with Gasteiger partial charge in [0.2, 0.25) is 6.29 Å². The number of nitrogens with one attached hydrogen (secondary N) is 1. The lowest BCUT2D eigenvalue weighted by atomic mass is 10.1. The topological polar surface area (TPSA) is 63.8 Å². The van der Waals surface area contributed by atoms with Gasteiger partial charge >= 0.3 is 5.97 Å². The van der Waals surface area contributed by atoms with E-state index in [2.05, 4.69) is 9.88 Å². The normalized spacial score (nSPS) is 12.5. The molecule has 1 N–H and O–H groups in total. The zero-order chi connectivity index (χ0) is 17.5. The van der Waals surface area contributed by atoms with Crippen LogP contribution in [0.3, 0.4) is 0 Å². The van der Waals surface area contributed by atoms with E-state index in [1.54, 1.807) is 14.0 Å². The summed E-state index contributed by atoms with van der Waals surface area (Å²) >= 11 is 0. The molecule has 0 saturated heterocycles. The van der Waals surface area contributed by atoms with Crippen molar-refractivity contribution in [3.8, 4) is 5.75 Å². The van der Waals surface area contributed by atoms with Gasteiger partial charge in [-0.2, -0.15) is 0 Å². The molecule has 0 spiro atoms. The molecule has 0 saturated carbocycles. The van der Waals surface area contributed by atoms with Gasteiger partial charge < -0.3 is 24.1 Å². The molecule has 0 bridgehead atoms. The molecule has 0 aliphatic rings. The number of aromatic nitrogens is 1. The Morgan fingerprint density at radius 1 is 1.33 bits per heavy atom. The number of likely N-dealkylation sites (N-methyl/N-ethyl adjacent to an activating group) is 1. The van der Waals surface area contributed by atoms with E-state index in [0.717, 1.165) is 29.6 Å². The van der Waals surface area contributed by atoms with Gasteiger partial charge in [0.1, 0.15) is 5.75 Å². The lowest BCUT2D eigenvalue weighted by Gasteiger charge is -2.17. The first-order valence-electron chi connectivity index (χ1n) is 8.10. The number of benzene rings is 1. The van der Waals surface area contributed by atoms with Crippen LogP contribution < -0.4 is 4.74 Å². The lowest BCUT2D eigenvalue weighted by Crippen LogP contribution is -2.21. The molecule has 1 heterocycles. The first kappa shape index (κ1) is 18.3. The summed E-state index contributed by atoms with van der Waals surface area (Å²) < 4.78 is 16.0. The molecular weight excluding hydrogens is 308 g/mol. The second kappa shape index (κ2) is 8.70. The molecule has 2 rings (SSSR count). The highest BCUT2D eigenvalue weighted by molar-refractivity contribution is 5.89. The van der Waals surface area contributed by atoms with Crippen molar-refractivity contribution in [2.24, 2.45) is 0 Å². The van der Waals surface area contributed by atoms with Crippen LogP contribution in [0.15, 0.2) is 24.4 Å². The Morgan fingerprint density at radius 3 is 2.83 bits per heavy atom. The van der Waals surface area contributed by atoms with Crippen LogP contribution in [-0.2, 0) is 20.7 Å². The van der Waals surface area contributed by atoms with Crippen molar-refractivity contribution < 1.29 is 19.0 Å². The van der Waals surface area contributed by atoms with E-state index in [0.29, 0.717) is 6.61 Å². The summed E-state index contributed by atoms with van der Waals surface area (Å²) in [6.45, 7) is 3.01. The second-order valence-corrected chi connectivity index (χ2v) is 5.96. The molecule has 6 heteroatoms. The predicted octanol–water partition coefficient (Wildman–Crippen LogP) is 2.58. The Kier molecular flexibility index (Phi) is 6.63. The molecule has 0 fully saturated rings. The van der Waals surface area contributed by atoms with E-state index < -0.39 is 6.29 Å². The Balaban J connectivity index is 2.10. The van der Waals surface area contributed by atoms with Crippen molar-refractivity contribution in [2.45, 2.75) is 26.1 Å². The summed E-state index contributed by atoms with van der Waals surface area (Å²) in [5.41, 5.74) is 2.20. The maximum Gasteiger partial charge on any atom is 0.311 e. The minimum atomic E-state index is -0.656. The van der Waals surface area contributed by atoms with Crippen LogP contribution in [0.1, 0.15) is 18.9 Å². The SMILES string of the molecule is COCCC(=O)OC(C)Oc1cccc2[nH]cc(CCN(C)C)c12. The minimum Gasteiger partial charge on any atom is -0.454 e. The van der Waals surface area contributed by atoms with Crippen molar-refractivity contribution in [2.75, 3.05) is 34.4 Å². The molecule has 1 unspecified atom stereocenters. The van der Waals surface area contributed by atoms with Gasteiger partial charge in [0, 0.05) is 37.7 Å². The first-order chi connectivity index (χ1) is 11.5. The number of carbonyl (C=O) groups is 1. The van der Waals surface area contributed by atoms with Gasteiger partial charge in [0.05, 0.1) is 13.0 Å². The maximum absolute atomic E-state index is 11.7. The van der Waals surface area contributed by atoms with Crippen LogP contribution in [0.25, 0.3) is 10.9 Å². The summed E-state index contributed by atoms with van der Waals surface area (Å²) in [6, 6.07) is 5.83. The highest BCUT2D eigenvalue weighted by Gasteiger charge is 2.15. The Morgan fingerprint density at radius 2 is 2.12 bits per heavy atom. The van der Waals surface area contributed by atoms with E-state index >= 15 is 0 Å². The number of methoxy groups -OCH3 is 1. The van der Waals surface area contributed by atoms with Crippen molar-refractivity contribution in [3.63, 3.8) is 0 Å². The molecule has 132 valence electrons. The average molecular weight is 334 g/mol. The molecular formula is C18H26N2O4. The number of H-pyrrole nitrogens is 1. The lowest BCUT2D eigenvalue weighted by molar-refractivity contribution is -0.162. The van der Waals surface area contributed by atoms with E-state index in [1.165, 1.54) is 5.56 Å². The molecule has 24 heavy (non-hydrogen) atoms. The van der Waals surface area contributed by atoms with Gasteiger partial charge in [0.25, 0.3) is 0 Å². The van der Waals surface area contributed by atoms with Crippen molar-refractivity contribution in [1.82, 2.24) is 9.88 Å². The largest absolute Gasteiger partial charge is 0.454 e. The molecule has 1 atom stereocenters. The van der Waals surface area contributed by atoms with Gasteiger partial charge in [-0.15, -0.1) is 0 Å². The molecule has 6 nitrogen and oxygen atoms in total. The number of ether oxygens (including phenoxy) is 3. The Labute approximate surface area is 142 Å². The van der Waals surface area contributed by atoms with Gasteiger partial charge in [0.15, 0.2) is 0 Å². The van der Waals surface area contributed by atoms with Crippen molar-refractivity contribution >= 4 is 16.9 Å². The molecule has 0 aliphatic carbocycles. The van der Waals surface area contributed by atoms with Crippen LogP contribution in [-0.4, -0.2) is 56.5 Å². The van der Waals surface area contributed by atoms with Crippen molar-refractivity contribution in [3.05, 3.63) is 30.0 Å². The number of carbonyl (C=O) groups excluding carboxylic acids is 1. The molecule has 1 aromatic carbocycles. The highest BCUT2D eigenvalue weighted by atomic mass is 16.7. The fraction of sp³-hybridized carbons (Fsp3) is 0.500. The standard InChI is InChI=1S/C18H26N2O4/c1-13(24-17(21)9-11-22-4)23-16-7-5-6-15-18(16)14(12-19-15)8-10-20(2)3/h5-7,12-13,19H,8-11H2,1-4H3. The van der Waals surface area contributed by atoms with E-state index in [-0.39, 0.29) is 12.4 Å². The van der Waals surface area contributed by atoms with E-state index in [9.17, 15) is 4.79 Å².